The molecule has 0 aliphatic carbocycles. The SMILES string of the molecule is CCNCc1cc(OCCc2cccnc2)ccc1Br. The minimum Gasteiger partial charge on any atom is -0.493 e. The summed E-state index contributed by atoms with van der Waals surface area (Å²) in [6.07, 6.45) is 4.53. The van der Waals surface area contributed by atoms with E-state index in [0.29, 0.717) is 6.61 Å². The van der Waals surface area contributed by atoms with Crippen molar-refractivity contribution in [2.24, 2.45) is 0 Å². The Kier molecular flexibility index (Phi) is 6.02. The van der Waals surface area contributed by atoms with Gasteiger partial charge in [-0.25, -0.2) is 0 Å². The predicted molar refractivity (Wildman–Crippen MR) is 85.0 cm³/mol. The number of rotatable bonds is 7. The second kappa shape index (κ2) is 8.02. The van der Waals surface area contributed by atoms with Gasteiger partial charge >= 0.3 is 0 Å². The molecule has 2 rings (SSSR count). The molecule has 0 atom stereocenters. The molecule has 0 bridgehead atoms. The highest BCUT2D eigenvalue weighted by atomic mass is 79.9. The summed E-state index contributed by atoms with van der Waals surface area (Å²) in [6.45, 7) is 4.56. The lowest BCUT2D eigenvalue weighted by Gasteiger charge is -2.10. The second-order valence-electron chi connectivity index (χ2n) is 4.49. The molecule has 3 nitrogen and oxygen atoms in total. The minimum absolute atomic E-state index is 0.661. The maximum absolute atomic E-state index is 5.81. The van der Waals surface area contributed by atoms with Crippen LogP contribution in [0.5, 0.6) is 5.75 Å². The number of aromatic nitrogens is 1. The molecule has 0 saturated heterocycles. The predicted octanol–water partition coefficient (Wildman–Crippen LogP) is 3.58. The van der Waals surface area contributed by atoms with Crippen LogP contribution < -0.4 is 10.1 Å². The van der Waals surface area contributed by atoms with Crippen LogP contribution in [-0.2, 0) is 13.0 Å². The van der Waals surface area contributed by atoms with Crippen LogP contribution >= 0.6 is 15.9 Å². The number of pyridine rings is 1. The first-order valence-electron chi connectivity index (χ1n) is 6.80. The van der Waals surface area contributed by atoms with E-state index in [1.165, 1.54) is 11.1 Å². The van der Waals surface area contributed by atoms with E-state index >= 15 is 0 Å². The van der Waals surface area contributed by atoms with Crippen molar-refractivity contribution in [3.8, 4) is 5.75 Å². The molecule has 0 spiro atoms. The summed E-state index contributed by atoms with van der Waals surface area (Å²) >= 11 is 3.56. The maximum Gasteiger partial charge on any atom is 0.119 e. The standard InChI is InChI=1S/C16H19BrN2O/c1-2-18-12-14-10-15(5-6-16(14)17)20-9-7-13-4-3-8-19-11-13/h3-6,8,10-11,18H,2,7,9,12H2,1H3. The first-order chi connectivity index (χ1) is 9.79. The monoisotopic (exact) mass is 334 g/mol. The first kappa shape index (κ1) is 15.0. The van der Waals surface area contributed by atoms with E-state index < -0.39 is 0 Å². The van der Waals surface area contributed by atoms with E-state index in [2.05, 4.69) is 45.3 Å². The summed E-state index contributed by atoms with van der Waals surface area (Å²) < 4.78 is 6.92. The van der Waals surface area contributed by atoms with Gasteiger partial charge < -0.3 is 10.1 Å². The van der Waals surface area contributed by atoms with Gasteiger partial charge in [0.1, 0.15) is 5.75 Å². The van der Waals surface area contributed by atoms with Crippen molar-refractivity contribution in [3.05, 3.63) is 58.3 Å². The average Bonchev–Trinajstić information content (AvgIpc) is 2.49. The lowest BCUT2D eigenvalue weighted by Crippen LogP contribution is -2.12. The molecule has 0 unspecified atom stereocenters. The molecule has 0 fully saturated rings. The smallest absolute Gasteiger partial charge is 0.119 e. The van der Waals surface area contributed by atoms with Gasteiger partial charge in [0.2, 0.25) is 0 Å². The van der Waals surface area contributed by atoms with Gasteiger partial charge in [0.15, 0.2) is 0 Å². The van der Waals surface area contributed by atoms with Crippen LogP contribution in [-0.4, -0.2) is 18.1 Å². The van der Waals surface area contributed by atoms with Gasteiger partial charge in [0.05, 0.1) is 6.61 Å². The van der Waals surface area contributed by atoms with Crippen molar-refractivity contribution in [1.29, 1.82) is 0 Å². The molecule has 0 saturated carbocycles. The molecule has 106 valence electrons. The van der Waals surface area contributed by atoms with Gasteiger partial charge in [-0.3, -0.25) is 4.98 Å². The summed E-state index contributed by atoms with van der Waals surface area (Å²) in [5, 5.41) is 3.32. The quantitative estimate of drug-likeness (QED) is 0.840. The molecular formula is C16H19BrN2O. The fraction of sp³-hybridized carbons (Fsp3) is 0.312. The molecule has 1 aromatic heterocycles. The van der Waals surface area contributed by atoms with Gasteiger partial charge in [-0.15, -0.1) is 0 Å². The van der Waals surface area contributed by atoms with Crippen LogP contribution in [0.4, 0.5) is 0 Å². The average molecular weight is 335 g/mol. The fourth-order valence-corrected chi connectivity index (χ4v) is 2.26. The molecule has 20 heavy (non-hydrogen) atoms. The first-order valence-corrected chi connectivity index (χ1v) is 7.59. The highest BCUT2D eigenvalue weighted by Crippen LogP contribution is 2.22. The van der Waals surface area contributed by atoms with Crippen molar-refractivity contribution in [2.45, 2.75) is 19.9 Å². The maximum atomic E-state index is 5.81. The van der Waals surface area contributed by atoms with E-state index in [-0.39, 0.29) is 0 Å². The molecule has 0 amide bonds. The van der Waals surface area contributed by atoms with Crippen LogP contribution in [0.2, 0.25) is 0 Å². The van der Waals surface area contributed by atoms with Gasteiger partial charge in [-0.2, -0.15) is 0 Å². The van der Waals surface area contributed by atoms with Crippen molar-refractivity contribution in [3.63, 3.8) is 0 Å². The molecule has 2 aromatic rings. The number of ether oxygens (including phenoxy) is 1. The molecule has 1 N–H and O–H groups in total. The zero-order valence-corrected chi connectivity index (χ0v) is 13.2. The van der Waals surface area contributed by atoms with Crippen molar-refractivity contribution in [2.75, 3.05) is 13.2 Å². The Hall–Kier alpha value is -1.39. The number of nitrogens with zero attached hydrogens (tertiary/aromatic N) is 1. The number of benzene rings is 1. The Labute approximate surface area is 128 Å². The van der Waals surface area contributed by atoms with Crippen molar-refractivity contribution < 1.29 is 4.74 Å². The third-order valence-corrected chi connectivity index (χ3v) is 3.74. The third kappa shape index (κ3) is 4.62. The summed E-state index contributed by atoms with van der Waals surface area (Å²) in [7, 11) is 0. The number of nitrogens with one attached hydrogen (secondary N) is 1. The summed E-state index contributed by atoms with van der Waals surface area (Å²) in [6, 6.07) is 10.1. The van der Waals surface area contributed by atoms with E-state index in [9.17, 15) is 0 Å². The Bertz CT molecular complexity index is 531. The van der Waals surface area contributed by atoms with E-state index in [1.54, 1.807) is 6.20 Å². The largest absolute Gasteiger partial charge is 0.493 e. The Morgan fingerprint density at radius 3 is 2.95 bits per heavy atom. The van der Waals surface area contributed by atoms with Crippen LogP contribution in [0.3, 0.4) is 0 Å². The van der Waals surface area contributed by atoms with Crippen LogP contribution in [0.1, 0.15) is 18.1 Å². The van der Waals surface area contributed by atoms with Gasteiger partial charge in [-0.1, -0.05) is 28.9 Å². The Morgan fingerprint density at radius 2 is 2.20 bits per heavy atom. The van der Waals surface area contributed by atoms with Gasteiger partial charge in [0, 0.05) is 29.8 Å². The van der Waals surface area contributed by atoms with Crippen molar-refractivity contribution in [1.82, 2.24) is 10.3 Å². The van der Waals surface area contributed by atoms with Crippen molar-refractivity contribution >= 4 is 15.9 Å². The summed E-state index contributed by atoms with van der Waals surface area (Å²) in [4.78, 5) is 4.10. The number of halogens is 1. The van der Waals surface area contributed by atoms with Gasteiger partial charge in [0.25, 0.3) is 0 Å². The summed E-state index contributed by atoms with van der Waals surface area (Å²) in [5.74, 6) is 0.907. The fourth-order valence-electron chi connectivity index (χ4n) is 1.87. The van der Waals surface area contributed by atoms with Gasteiger partial charge in [-0.05, 0) is 41.9 Å². The van der Waals surface area contributed by atoms with Crippen LogP contribution in [0.15, 0.2) is 47.2 Å². The van der Waals surface area contributed by atoms with Crippen LogP contribution in [0.25, 0.3) is 0 Å². The van der Waals surface area contributed by atoms with E-state index in [4.69, 9.17) is 4.74 Å². The number of hydrogen-bond donors (Lipinski definition) is 1. The number of hydrogen-bond acceptors (Lipinski definition) is 3. The zero-order chi connectivity index (χ0) is 14.2. The Morgan fingerprint density at radius 1 is 1.30 bits per heavy atom. The highest BCUT2D eigenvalue weighted by molar-refractivity contribution is 9.10. The third-order valence-electron chi connectivity index (χ3n) is 2.96. The lowest BCUT2D eigenvalue weighted by atomic mass is 10.2. The molecule has 0 radical (unpaired) electrons. The molecule has 0 aliphatic heterocycles. The summed E-state index contributed by atoms with van der Waals surface area (Å²) in [5.41, 5.74) is 2.41. The molecule has 1 heterocycles. The Balaban J connectivity index is 1.89. The lowest BCUT2D eigenvalue weighted by molar-refractivity contribution is 0.321. The van der Waals surface area contributed by atoms with Crippen LogP contribution in [0, 0.1) is 0 Å². The zero-order valence-electron chi connectivity index (χ0n) is 11.6. The molecule has 4 heteroatoms. The van der Waals surface area contributed by atoms with E-state index in [0.717, 1.165) is 29.7 Å². The molecule has 0 aliphatic rings. The minimum atomic E-state index is 0.661. The molecule has 1 aromatic carbocycles. The highest BCUT2D eigenvalue weighted by Gasteiger charge is 2.02. The molecular weight excluding hydrogens is 316 g/mol. The second-order valence-corrected chi connectivity index (χ2v) is 5.35. The normalized spacial score (nSPS) is 10.5. The van der Waals surface area contributed by atoms with E-state index in [1.807, 2.05) is 24.4 Å². The topological polar surface area (TPSA) is 34.1 Å².